The third-order valence-corrected chi connectivity index (χ3v) is 5.13. The molecule has 2 aromatic heterocycles. The molecule has 142 valence electrons. The zero-order valence-electron chi connectivity index (χ0n) is 16.0. The molecule has 0 bridgehead atoms. The third-order valence-electron chi connectivity index (χ3n) is 4.09. The Kier molecular flexibility index (Phi) is 6.59. The lowest BCUT2D eigenvalue weighted by atomic mass is 10.1. The Hall–Kier alpha value is -2.67. The second-order valence-corrected chi connectivity index (χ2v) is 7.14. The molecule has 0 spiro atoms. The van der Waals surface area contributed by atoms with Crippen LogP contribution in [0.3, 0.4) is 0 Å². The van der Waals surface area contributed by atoms with Gasteiger partial charge in [-0.15, -0.1) is 11.3 Å². The number of thiazole rings is 1. The first-order valence-electron chi connectivity index (χ1n) is 9.07. The maximum absolute atomic E-state index is 5.59. The molecule has 2 N–H and O–H groups in total. The van der Waals surface area contributed by atoms with Gasteiger partial charge < -0.3 is 15.1 Å². The molecule has 0 saturated heterocycles. The van der Waals surface area contributed by atoms with Crippen LogP contribution in [-0.2, 0) is 19.4 Å². The zero-order chi connectivity index (χ0) is 19.1. The van der Waals surface area contributed by atoms with Gasteiger partial charge in [0.2, 0.25) is 5.89 Å². The van der Waals surface area contributed by atoms with Crippen LogP contribution in [0.4, 0.5) is 0 Å². The molecule has 0 amide bonds. The van der Waals surface area contributed by atoms with Gasteiger partial charge in [0.25, 0.3) is 0 Å². The number of aliphatic imine (C=N–C) groups is 1. The van der Waals surface area contributed by atoms with Crippen molar-refractivity contribution in [3.05, 3.63) is 57.9 Å². The molecule has 0 aliphatic heterocycles. The number of hydrogen-bond donors (Lipinski definition) is 2. The number of oxazole rings is 1. The predicted octanol–water partition coefficient (Wildman–Crippen LogP) is 3.58. The maximum Gasteiger partial charge on any atom is 0.226 e. The molecule has 0 radical (unpaired) electrons. The highest BCUT2D eigenvalue weighted by Crippen LogP contribution is 2.19. The minimum absolute atomic E-state index is 0.547. The average molecular weight is 384 g/mol. The summed E-state index contributed by atoms with van der Waals surface area (Å²) in [4.78, 5) is 13.4. The van der Waals surface area contributed by atoms with Crippen molar-refractivity contribution in [3.8, 4) is 11.5 Å². The van der Waals surface area contributed by atoms with E-state index in [2.05, 4.69) is 57.0 Å². The van der Waals surface area contributed by atoms with Crippen molar-refractivity contribution in [1.82, 2.24) is 20.6 Å². The predicted molar refractivity (Wildman–Crippen MR) is 110 cm³/mol. The Labute approximate surface area is 163 Å². The molecule has 7 heteroatoms. The molecule has 0 aliphatic rings. The third kappa shape index (κ3) is 5.40. The fourth-order valence-electron chi connectivity index (χ4n) is 2.55. The quantitative estimate of drug-likeness (QED) is 0.482. The molecule has 1 aromatic carbocycles. The van der Waals surface area contributed by atoms with Crippen LogP contribution >= 0.6 is 11.3 Å². The number of aromatic nitrogens is 2. The molecule has 0 atom stereocenters. The summed E-state index contributed by atoms with van der Waals surface area (Å²) in [5, 5.41) is 9.87. The lowest BCUT2D eigenvalue weighted by Crippen LogP contribution is -2.37. The van der Waals surface area contributed by atoms with Crippen LogP contribution in [0.15, 0.2) is 45.3 Å². The molecule has 6 nitrogen and oxygen atoms in total. The lowest BCUT2D eigenvalue weighted by Gasteiger charge is -2.10. The van der Waals surface area contributed by atoms with Crippen LogP contribution in [0.5, 0.6) is 0 Å². The molecule has 2 heterocycles. The van der Waals surface area contributed by atoms with Gasteiger partial charge >= 0.3 is 0 Å². The number of benzene rings is 1. The van der Waals surface area contributed by atoms with Gasteiger partial charge in [0.15, 0.2) is 5.96 Å². The van der Waals surface area contributed by atoms with Crippen LogP contribution in [0.2, 0.25) is 0 Å². The van der Waals surface area contributed by atoms with E-state index >= 15 is 0 Å². The first kappa shape index (κ1) is 19.1. The van der Waals surface area contributed by atoms with Crippen molar-refractivity contribution in [2.45, 2.75) is 33.2 Å². The highest BCUT2D eigenvalue weighted by Gasteiger charge is 2.07. The summed E-state index contributed by atoms with van der Waals surface area (Å²) in [5.74, 6) is 1.37. The van der Waals surface area contributed by atoms with Crippen LogP contribution in [0.1, 0.15) is 28.9 Å². The zero-order valence-corrected chi connectivity index (χ0v) is 16.8. The van der Waals surface area contributed by atoms with E-state index in [1.54, 1.807) is 24.6 Å². The van der Waals surface area contributed by atoms with E-state index in [0.717, 1.165) is 42.3 Å². The van der Waals surface area contributed by atoms with Gasteiger partial charge in [0.05, 0.1) is 22.9 Å². The molecule has 3 rings (SSSR count). The molecule has 3 aromatic rings. The highest BCUT2D eigenvalue weighted by molar-refractivity contribution is 7.09. The van der Waals surface area contributed by atoms with Crippen molar-refractivity contribution < 1.29 is 4.42 Å². The van der Waals surface area contributed by atoms with E-state index in [1.165, 1.54) is 10.6 Å². The van der Waals surface area contributed by atoms with E-state index in [9.17, 15) is 0 Å². The molecular formula is C20H25N5OS. The highest BCUT2D eigenvalue weighted by atomic mass is 32.1. The van der Waals surface area contributed by atoms with Crippen molar-refractivity contribution in [2.75, 3.05) is 13.6 Å². The number of nitrogens with one attached hydrogen (secondary N) is 2. The van der Waals surface area contributed by atoms with Gasteiger partial charge in [-0.05, 0) is 25.5 Å². The van der Waals surface area contributed by atoms with E-state index in [-0.39, 0.29) is 0 Å². The van der Waals surface area contributed by atoms with Crippen LogP contribution < -0.4 is 10.6 Å². The van der Waals surface area contributed by atoms with Gasteiger partial charge in [0, 0.05) is 31.0 Å². The summed E-state index contributed by atoms with van der Waals surface area (Å²) in [6.07, 6.45) is 3.54. The molecule has 0 aliphatic carbocycles. The smallest absolute Gasteiger partial charge is 0.226 e. The van der Waals surface area contributed by atoms with E-state index in [4.69, 9.17) is 4.42 Å². The Morgan fingerprint density at radius 1 is 1.15 bits per heavy atom. The summed E-state index contributed by atoms with van der Waals surface area (Å²) in [5.41, 5.74) is 4.15. The molecule has 0 saturated carbocycles. The first-order chi connectivity index (χ1) is 13.2. The largest absolute Gasteiger partial charge is 0.444 e. The minimum Gasteiger partial charge on any atom is -0.444 e. The second kappa shape index (κ2) is 9.32. The van der Waals surface area contributed by atoms with Crippen molar-refractivity contribution in [2.24, 2.45) is 4.99 Å². The SMILES string of the molecule is CCc1nc(CCNC(=NC)NCc2coc(-c3ccc(C)cc3)n2)cs1. The van der Waals surface area contributed by atoms with Gasteiger partial charge in [0.1, 0.15) is 6.26 Å². The summed E-state index contributed by atoms with van der Waals surface area (Å²) in [6.45, 7) is 5.51. The number of hydrogen-bond acceptors (Lipinski definition) is 5. The van der Waals surface area contributed by atoms with E-state index in [0.29, 0.717) is 12.4 Å². The fraction of sp³-hybridized carbons (Fsp3) is 0.350. The molecule has 0 unspecified atom stereocenters. The monoisotopic (exact) mass is 383 g/mol. The number of nitrogens with zero attached hydrogens (tertiary/aromatic N) is 3. The summed E-state index contributed by atoms with van der Waals surface area (Å²) in [7, 11) is 1.76. The normalized spacial score (nSPS) is 11.6. The molecule has 27 heavy (non-hydrogen) atoms. The fourth-order valence-corrected chi connectivity index (χ4v) is 3.33. The van der Waals surface area contributed by atoms with Gasteiger partial charge in [-0.25, -0.2) is 9.97 Å². The number of guanidine groups is 1. The topological polar surface area (TPSA) is 75.3 Å². The molecule has 0 fully saturated rings. The van der Waals surface area contributed by atoms with Gasteiger partial charge in [-0.1, -0.05) is 24.6 Å². The van der Waals surface area contributed by atoms with Gasteiger partial charge in [-0.2, -0.15) is 0 Å². The Morgan fingerprint density at radius 2 is 1.96 bits per heavy atom. The maximum atomic E-state index is 5.59. The van der Waals surface area contributed by atoms with Gasteiger partial charge in [-0.3, -0.25) is 4.99 Å². The average Bonchev–Trinajstić information content (AvgIpc) is 3.34. The lowest BCUT2D eigenvalue weighted by molar-refractivity contribution is 0.572. The number of aryl methyl sites for hydroxylation is 2. The second-order valence-electron chi connectivity index (χ2n) is 6.20. The summed E-state index contributed by atoms with van der Waals surface area (Å²) < 4.78 is 5.59. The number of rotatable bonds is 7. The summed E-state index contributed by atoms with van der Waals surface area (Å²) in [6, 6.07) is 8.13. The summed E-state index contributed by atoms with van der Waals surface area (Å²) >= 11 is 1.72. The Morgan fingerprint density at radius 3 is 2.67 bits per heavy atom. The van der Waals surface area contributed by atoms with Crippen LogP contribution in [-0.4, -0.2) is 29.5 Å². The van der Waals surface area contributed by atoms with Crippen LogP contribution in [0, 0.1) is 6.92 Å². The Balaban J connectivity index is 1.47. The minimum atomic E-state index is 0.547. The first-order valence-corrected chi connectivity index (χ1v) is 9.95. The standard InChI is InChI=1S/C20H25N5OS/c1-4-18-24-16(13-27-18)9-10-22-20(21-3)23-11-17-12-26-19(25-17)15-7-5-14(2)6-8-15/h5-8,12-13H,4,9-11H2,1-3H3,(H2,21,22,23). The van der Waals surface area contributed by atoms with Crippen molar-refractivity contribution in [1.29, 1.82) is 0 Å². The molecular weight excluding hydrogens is 358 g/mol. The van der Waals surface area contributed by atoms with Crippen molar-refractivity contribution >= 4 is 17.3 Å². The Bertz CT molecular complexity index is 882. The van der Waals surface area contributed by atoms with Crippen LogP contribution in [0.25, 0.3) is 11.5 Å². The van der Waals surface area contributed by atoms with E-state index < -0.39 is 0 Å². The van der Waals surface area contributed by atoms with Crippen molar-refractivity contribution in [3.63, 3.8) is 0 Å². The van der Waals surface area contributed by atoms with E-state index in [1.807, 2.05) is 12.1 Å².